The van der Waals surface area contributed by atoms with Crippen LogP contribution in [-0.4, -0.2) is 77.2 Å². The predicted molar refractivity (Wildman–Crippen MR) is 124 cm³/mol. The van der Waals surface area contributed by atoms with E-state index in [2.05, 4.69) is 20.9 Å². The van der Waals surface area contributed by atoms with Crippen LogP contribution in [0.4, 0.5) is 0 Å². The lowest BCUT2D eigenvalue weighted by molar-refractivity contribution is -0.145. The molecule has 188 valence electrons. The second kappa shape index (κ2) is 14.4. The second-order valence-corrected chi connectivity index (χ2v) is 7.59. The van der Waals surface area contributed by atoms with Crippen molar-refractivity contribution in [1.29, 1.82) is 0 Å². The first-order chi connectivity index (χ1) is 16.0. The van der Waals surface area contributed by atoms with Crippen LogP contribution in [-0.2, 0) is 25.6 Å². The number of carboxylic acid groups (broad SMARTS) is 1. The number of nitrogens with two attached hydrogens (primary N) is 3. The van der Waals surface area contributed by atoms with Crippen LogP contribution in [0, 0.1) is 0 Å². The minimum absolute atomic E-state index is 0.0589. The molecule has 0 fully saturated rings. The summed E-state index contributed by atoms with van der Waals surface area (Å²) in [5, 5.41) is 26.2. The molecule has 0 radical (unpaired) electrons. The lowest BCUT2D eigenvalue weighted by Crippen LogP contribution is -2.58. The smallest absolute Gasteiger partial charge is 0.328 e. The van der Waals surface area contributed by atoms with E-state index >= 15 is 0 Å². The van der Waals surface area contributed by atoms with Gasteiger partial charge in [-0.05, 0) is 25.3 Å². The molecule has 3 amide bonds. The first kappa shape index (κ1) is 28.3. The average Bonchev–Trinajstić information content (AvgIpc) is 2.78. The number of nitrogens with one attached hydrogen (secondary N) is 3. The molecule has 4 unspecified atom stereocenters. The van der Waals surface area contributed by atoms with Gasteiger partial charge in [-0.1, -0.05) is 30.3 Å². The third-order valence-corrected chi connectivity index (χ3v) is 4.74. The number of rotatable bonds is 14. The summed E-state index contributed by atoms with van der Waals surface area (Å²) in [5.74, 6) is -3.64. The number of aliphatic hydroxyl groups is 1. The molecule has 0 heterocycles. The molecular formula is C21H33N7O6. The molecule has 0 aliphatic rings. The Morgan fingerprint density at radius 3 is 2.15 bits per heavy atom. The minimum atomic E-state index is -1.58. The predicted octanol–water partition coefficient (Wildman–Crippen LogP) is -2.84. The highest BCUT2D eigenvalue weighted by Crippen LogP contribution is 2.06. The van der Waals surface area contributed by atoms with E-state index < -0.39 is 47.9 Å². The largest absolute Gasteiger partial charge is 0.480 e. The molecule has 34 heavy (non-hydrogen) atoms. The van der Waals surface area contributed by atoms with E-state index in [0.717, 1.165) is 5.56 Å². The van der Waals surface area contributed by atoms with Crippen LogP contribution in [0.1, 0.15) is 25.3 Å². The maximum Gasteiger partial charge on any atom is 0.328 e. The molecule has 0 saturated heterocycles. The number of hydrogen-bond acceptors (Lipinski definition) is 7. The van der Waals surface area contributed by atoms with Crippen molar-refractivity contribution in [2.45, 2.75) is 50.4 Å². The molecule has 1 aromatic carbocycles. The van der Waals surface area contributed by atoms with Crippen molar-refractivity contribution in [2.75, 3.05) is 13.1 Å². The summed E-state index contributed by atoms with van der Waals surface area (Å²) in [5.41, 5.74) is 16.7. The Morgan fingerprint density at radius 1 is 1.00 bits per heavy atom. The summed E-state index contributed by atoms with van der Waals surface area (Å²) < 4.78 is 0. The third-order valence-electron chi connectivity index (χ3n) is 4.74. The van der Waals surface area contributed by atoms with Crippen LogP contribution in [0.15, 0.2) is 35.3 Å². The fraction of sp³-hybridized carbons (Fsp3) is 0.476. The number of benzene rings is 1. The lowest BCUT2D eigenvalue weighted by atomic mass is 10.0. The van der Waals surface area contributed by atoms with Gasteiger partial charge in [-0.15, -0.1) is 0 Å². The van der Waals surface area contributed by atoms with E-state index in [0.29, 0.717) is 0 Å². The first-order valence-electron chi connectivity index (χ1n) is 10.7. The highest BCUT2D eigenvalue weighted by atomic mass is 16.4. The molecule has 0 bridgehead atoms. The summed E-state index contributed by atoms with van der Waals surface area (Å²) in [6, 6.07) is 5.09. The van der Waals surface area contributed by atoms with Gasteiger partial charge in [-0.2, -0.15) is 0 Å². The zero-order valence-electron chi connectivity index (χ0n) is 18.9. The van der Waals surface area contributed by atoms with Gasteiger partial charge in [0.2, 0.25) is 17.7 Å². The van der Waals surface area contributed by atoms with Gasteiger partial charge in [0.15, 0.2) is 12.0 Å². The quantitative estimate of drug-likeness (QED) is 0.0778. The Labute approximate surface area is 197 Å². The number of carbonyl (C=O) groups is 4. The fourth-order valence-electron chi connectivity index (χ4n) is 3.00. The van der Waals surface area contributed by atoms with Gasteiger partial charge in [0.25, 0.3) is 0 Å². The number of aliphatic imine (C=N–C) groups is 1. The molecule has 11 N–H and O–H groups in total. The van der Waals surface area contributed by atoms with Gasteiger partial charge in [-0.25, -0.2) is 4.79 Å². The summed E-state index contributed by atoms with van der Waals surface area (Å²) in [4.78, 5) is 52.9. The van der Waals surface area contributed by atoms with Crippen molar-refractivity contribution < 1.29 is 29.4 Å². The molecule has 13 heteroatoms. The molecule has 0 saturated carbocycles. The zero-order valence-corrected chi connectivity index (χ0v) is 18.9. The third kappa shape index (κ3) is 10.3. The Hall–Kier alpha value is -3.71. The molecule has 13 nitrogen and oxygen atoms in total. The van der Waals surface area contributed by atoms with Crippen molar-refractivity contribution in [2.24, 2.45) is 22.2 Å². The highest BCUT2D eigenvalue weighted by molar-refractivity contribution is 5.93. The number of nitrogens with zero attached hydrogens (tertiary/aromatic N) is 1. The topological polar surface area (TPSA) is 235 Å². The van der Waals surface area contributed by atoms with E-state index in [-0.39, 0.29) is 38.3 Å². The fourth-order valence-corrected chi connectivity index (χ4v) is 3.00. The Kier molecular flexibility index (Phi) is 12.0. The molecule has 0 aliphatic carbocycles. The monoisotopic (exact) mass is 479 g/mol. The van der Waals surface area contributed by atoms with E-state index in [9.17, 15) is 29.4 Å². The lowest BCUT2D eigenvalue weighted by Gasteiger charge is -2.25. The van der Waals surface area contributed by atoms with E-state index in [1.165, 1.54) is 6.92 Å². The number of aliphatic carboxylic acids is 1. The molecule has 1 rings (SSSR count). The normalized spacial score (nSPS) is 14.1. The SMILES string of the molecule is CC(O)C(NC(=O)C(CCCN=C(N)N)NC(=O)C(Cc1ccccc1)NC(=O)CN)C(=O)O. The molecular weight excluding hydrogens is 446 g/mol. The van der Waals surface area contributed by atoms with Crippen LogP contribution < -0.4 is 33.2 Å². The van der Waals surface area contributed by atoms with Crippen molar-refractivity contribution in [1.82, 2.24) is 16.0 Å². The van der Waals surface area contributed by atoms with Crippen LogP contribution >= 0.6 is 0 Å². The molecule has 0 aliphatic heterocycles. The number of carboxylic acids is 1. The summed E-state index contributed by atoms with van der Waals surface area (Å²) in [7, 11) is 0. The number of carbonyl (C=O) groups excluding carboxylic acids is 3. The van der Waals surface area contributed by atoms with Crippen molar-refractivity contribution >= 4 is 29.7 Å². The van der Waals surface area contributed by atoms with Crippen LogP contribution in [0.2, 0.25) is 0 Å². The van der Waals surface area contributed by atoms with Crippen molar-refractivity contribution in [3.63, 3.8) is 0 Å². The van der Waals surface area contributed by atoms with Gasteiger partial charge in [0.05, 0.1) is 12.6 Å². The Balaban J connectivity index is 3.05. The van der Waals surface area contributed by atoms with Gasteiger partial charge in [0, 0.05) is 13.0 Å². The van der Waals surface area contributed by atoms with E-state index in [1.54, 1.807) is 30.3 Å². The second-order valence-electron chi connectivity index (χ2n) is 7.59. The Bertz CT molecular complexity index is 858. The summed E-state index contributed by atoms with van der Waals surface area (Å²) >= 11 is 0. The first-order valence-corrected chi connectivity index (χ1v) is 10.7. The molecule has 0 aromatic heterocycles. The summed E-state index contributed by atoms with van der Waals surface area (Å²) in [6.45, 7) is 1.04. The zero-order chi connectivity index (χ0) is 25.7. The number of hydrogen-bond donors (Lipinski definition) is 8. The van der Waals surface area contributed by atoms with Gasteiger partial charge in [0.1, 0.15) is 12.1 Å². The van der Waals surface area contributed by atoms with Crippen LogP contribution in [0.5, 0.6) is 0 Å². The highest BCUT2D eigenvalue weighted by Gasteiger charge is 2.31. The average molecular weight is 480 g/mol. The van der Waals surface area contributed by atoms with E-state index in [4.69, 9.17) is 17.2 Å². The molecule has 0 spiro atoms. The molecule has 4 atom stereocenters. The standard InChI is InChI=1S/C21H33N7O6/c1-12(29)17(20(33)34)28-18(31)14(8-5-9-25-21(23)24)27-19(32)15(26-16(30)11-22)10-13-6-3-2-4-7-13/h2-4,6-7,12,14-15,17,29H,5,8-11,22H2,1H3,(H,26,30)(H,27,32)(H,28,31)(H,33,34)(H4,23,24,25). The van der Waals surface area contributed by atoms with Gasteiger partial charge < -0.3 is 43.4 Å². The minimum Gasteiger partial charge on any atom is -0.480 e. The Morgan fingerprint density at radius 2 is 1.62 bits per heavy atom. The molecule has 1 aromatic rings. The number of aliphatic hydroxyl groups excluding tert-OH is 1. The van der Waals surface area contributed by atoms with Gasteiger partial charge in [-0.3, -0.25) is 19.4 Å². The number of guanidine groups is 1. The number of amides is 3. The maximum atomic E-state index is 13.0. The van der Waals surface area contributed by atoms with E-state index in [1.807, 2.05) is 0 Å². The van der Waals surface area contributed by atoms with Crippen molar-refractivity contribution in [3.8, 4) is 0 Å². The maximum absolute atomic E-state index is 13.0. The van der Waals surface area contributed by atoms with Crippen LogP contribution in [0.25, 0.3) is 0 Å². The van der Waals surface area contributed by atoms with Crippen LogP contribution in [0.3, 0.4) is 0 Å². The van der Waals surface area contributed by atoms with Crippen molar-refractivity contribution in [3.05, 3.63) is 35.9 Å². The van der Waals surface area contributed by atoms with Gasteiger partial charge >= 0.3 is 5.97 Å². The summed E-state index contributed by atoms with van der Waals surface area (Å²) in [6.07, 6.45) is -0.911.